The Labute approximate surface area is 116 Å². The SMILES string of the molecule is OC[C@H]1CCCN1Cc1cccc(OCC(F)(F)F)c1. The molecule has 0 aliphatic carbocycles. The number of alkyl halides is 3. The number of hydrogen-bond acceptors (Lipinski definition) is 3. The first-order chi connectivity index (χ1) is 9.48. The van der Waals surface area contributed by atoms with Gasteiger partial charge in [-0.3, -0.25) is 4.90 Å². The van der Waals surface area contributed by atoms with Crippen LogP contribution in [0.5, 0.6) is 5.75 Å². The number of rotatable bonds is 5. The quantitative estimate of drug-likeness (QED) is 0.904. The van der Waals surface area contributed by atoms with Gasteiger partial charge in [0, 0.05) is 12.6 Å². The first-order valence-electron chi connectivity index (χ1n) is 6.61. The highest BCUT2D eigenvalue weighted by molar-refractivity contribution is 5.28. The van der Waals surface area contributed by atoms with Crippen molar-refractivity contribution >= 4 is 0 Å². The fourth-order valence-electron chi connectivity index (χ4n) is 2.44. The Balaban J connectivity index is 1.95. The zero-order valence-electron chi connectivity index (χ0n) is 11.1. The lowest BCUT2D eigenvalue weighted by Gasteiger charge is -2.22. The van der Waals surface area contributed by atoms with E-state index >= 15 is 0 Å². The minimum absolute atomic E-state index is 0.115. The maximum atomic E-state index is 12.1. The van der Waals surface area contributed by atoms with Gasteiger partial charge in [0.25, 0.3) is 0 Å². The van der Waals surface area contributed by atoms with Crippen LogP contribution in [0.1, 0.15) is 18.4 Å². The Kier molecular flexibility index (Phi) is 4.88. The van der Waals surface area contributed by atoms with E-state index in [9.17, 15) is 18.3 Å². The largest absolute Gasteiger partial charge is 0.484 e. The molecule has 0 aromatic heterocycles. The van der Waals surface area contributed by atoms with Crippen LogP contribution in [0.25, 0.3) is 0 Å². The van der Waals surface area contributed by atoms with Gasteiger partial charge < -0.3 is 9.84 Å². The number of aliphatic hydroxyl groups is 1. The molecular weight excluding hydrogens is 271 g/mol. The fraction of sp³-hybridized carbons (Fsp3) is 0.571. The third kappa shape index (κ3) is 4.38. The van der Waals surface area contributed by atoms with Crippen LogP contribution < -0.4 is 4.74 Å². The molecule has 0 saturated carbocycles. The Morgan fingerprint density at radius 3 is 2.85 bits per heavy atom. The number of likely N-dealkylation sites (tertiary alicyclic amines) is 1. The van der Waals surface area contributed by atoms with E-state index in [1.807, 2.05) is 6.07 Å². The summed E-state index contributed by atoms with van der Waals surface area (Å²) >= 11 is 0. The lowest BCUT2D eigenvalue weighted by atomic mass is 10.2. The van der Waals surface area contributed by atoms with Crippen LogP contribution in [-0.4, -0.2) is 42.0 Å². The lowest BCUT2D eigenvalue weighted by Crippen LogP contribution is -2.31. The maximum absolute atomic E-state index is 12.1. The van der Waals surface area contributed by atoms with Gasteiger partial charge in [0.2, 0.25) is 0 Å². The number of benzene rings is 1. The molecule has 1 atom stereocenters. The van der Waals surface area contributed by atoms with Crippen molar-refractivity contribution < 1.29 is 23.0 Å². The molecule has 2 rings (SSSR count). The van der Waals surface area contributed by atoms with E-state index in [1.165, 1.54) is 6.07 Å². The molecular formula is C14H18F3NO2. The molecule has 0 bridgehead atoms. The molecule has 1 fully saturated rings. The molecule has 1 aliphatic rings. The number of aliphatic hydroxyl groups excluding tert-OH is 1. The molecule has 0 radical (unpaired) electrons. The number of hydrogen-bond donors (Lipinski definition) is 1. The first-order valence-corrected chi connectivity index (χ1v) is 6.61. The van der Waals surface area contributed by atoms with Gasteiger partial charge in [-0.05, 0) is 37.1 Å². The molecule has 0 amide bonds. The lowest BCUT2D eigenvalue weighted by molar-refractivity contribution is -0.153. The van der Waals surface area contributed by atoms with Crippen molar-refractivity contribution in [1.82, 2.24) is 4.90 Å². The van der Waals surface area contributed by atoms with E-state index in [2.05, 4.69) is 4.90 Å². The second-order valence-corrected chi connectivity index (χ2v) is 5.00. The minimum atomic E-state index is -4.33. The van der Waals surface area contributed by atoms with E-state index in [4.69, 9.17) is 4.74 Å². The molecule has 0 unspecified atom stereocenters. The van der Waals surface area contributed by atoms with Crippen LogP contribution in [0.2, 0.25) is 0 Å². The van der Waals surface area contributed by atoms with Gasteiger partial charge in [0.1, 0.15) is 5.75 Å². The summed E-state index contributed by atoms with van der Waals surface area (Å²) in [6.07, 6.45) is -2.33. The third-order valence-electron chi connectivity index (χ3n) is 3.40. The van der Waals surface area contributed by atoms with Crippen LogP contribution in [-0.2, 0) is 6.54 Å². The van der Waals surface area contributed by atoms with E-state index in [-0.39, 0.29) is 18.4 Å². The zero-order chi connectivity index (χ0) is 14.6. The van der Waals surface area contributed by atoms with Crippen molar-refractivity contribution in [2.75, 3.05) is 19.8 Å². The summed E-state index contributed by atoms with van der Waals surface area (Å²) in [4.78, 5) is 2.14. The molecule has 20 heavy (non-hydrogen) atoms. The van der Waals surface area contributed by atoms with Gasteiger partial charge in [-0.2, -0.15) is 13.2 Å². The Bertz CT molecular complexity index is 437. The van der Waals surface area contributed by atoms with Crippen molar-refractivity contribution in [2.45, 2.75) is 31.6 Å². The predicted molar refractivity (Wildman–Crippen MR) is 68.5 cm³/mol. The second kappa shape index (κ2) is 6.45. The topological polar surface area (TPSA) is 32.7 Å². The summed E-state index contributed by atoms with van der Waals surface area (Å²) in [6.45, 7) is 0.358. The van der Waals surface area contributed by atoms with Crippen molar-refractivity contribution in [1.29, 1.82) is 0 Å². The van der Waals surface area contributed by atoms with E-state index < -0.39 is 12.8 Å². The molecule has 112 valence electrons. The van der Waals surface area contributed by atoms with Crippen LogP contribution in [0.15, 0.2) is 24.3 Å². The van der Waals surface area contributed by atoms with Crippen LogP contribution in [0, 0.1) is 0 Å². The van der Waals surface area contributed by atoms with Crippen molar-refractivity contribution in [2.24, 2.45) is 0 Å². The van der Waals surface area contributed by atoms with Crippen molar-refractivity contribution in [3.8, 4) is 5.75 Å². The molecule has 0 spiro atoms. The normalized spacial score (nSPS) is 20.3. The zero-order valence-corrected chi connectivity index (χ0v) is 11.1. The maximum Gasteiger partial charge on any atom is 0.422 e. The van der Waals surface area contributed by atoms with Gasteiger partial charge in [-0.1, -0.05) is 12.1 Å². The average molecular weight is 289 g/mol. The summed E-state index contributed by atoms with van der Waals surface area (Å²) in [5.74, 6) is 0.222. The molecule has 1 aromatic rings. The fourth-order valence-corrected chi connectivity index (χ4v) is 2.44. The number of halogens is 3. The average Bonchev–Trinajstić information content (AvgIpc) is 2.83. The van der Waals surface area contributed by atoms with Crippen LogP contribution in [0.3, 0.4) is 0 Å². The van der Waals surface area contributed by atoms with Crippen molar-refractivity contribution in [3.63, 3.8) is 0 Å². The predicted octanol–water partition coefficient (Wildman–Crippen LogP) is 2.58. The monoisotopic (exact) mass is 289 g/mol. The summed E-state index contributed by atoms with van der Waals surface area (Å²) in [5, 5.41) is 9.25. The minimum Gasteiger partial charge on any atom is -0.484 e. The Hall–Kier alpha value is -1.27. The number of nitrogens with zero attached hydrogens (tertiary/aromatic N) is 1. The third-order valence-corrected chi connectivity index (χ3v) is 3.40. The van der Waals surface area contributed by atoms with Gasteiger partial charge in [0.05, 0.1) is 6.61 Å². The van der Waals surface area contributed by atoms with Gasteiger partial charge in [0.15, 0.2) is 6.61 Å². The van der Waals surface area contributed by atoms with E-state index in [0.717, 1.165) is 24.9 Å². The number of ether oxygens (including phenoxy) is 1. The van der Waals surface area contributed by atoms with Gasteiger partial charge >= 0.3 is 6.18 Å². The van der Waals surface area contributed by atoms with Crippen LogP contribution in [0.4, 0.5) is 13.2 Å². The summed E-state index contributed by atoms with van der Waals surface area (Å²) < 4.78 is 41.1. The smallest absolute Gasteiger partial charge is 0.422 e. The highest BCUT2D eigenvalue weighted by Crippen LogP contribution is 2.23. The highest BCUT2D eigenvalue weighted by atomic mass is 19.4. The Morgan fingerprint density at radius 2 is 2.15 bits per heavy atom. The van der Waals surface area contributed by atoms with E-state index in [1.54, 1.807) is 12.1 Å². The van der Waals surface area contributed by atoms with Crippen molar-refractivity contribution in [3.05, 3.63) is 29.8 Å². The molecule has 6 heteroatoms. The Morgan fingerprint density at radius 1 is 1.35 bits per heavy atom. The molecule has 3 nitrogen and oxygen atoms in total. The molecule has 1 heterocycles. The first kappa shape index (κ1) is 15.1. The van der Waals surface area contributed by atoms with Crippen LogP contribution >= 0.6 is 0 Å². The summed E-state index contributed by atoms with van der Waals surface area (Å²) in [6, 6.07) is 6.83. The molecule has 1 aromatic carbocycles. The highest BCUT2D eigenvalue weighted by Gasteiger charge is 2.28. The molecule has 1 N–H and O–H groups in total. The van der Waals surface area contributed by atoms with E-state index in [0.29, 0.717) is 6.54 Å². The van der Waals surface area contributed by atoms with Gasteiger partial charge in [-0.15, -0.1) is 0 Å². The second-order valence-electron chi connectivity index (χ2n) is 5.00. The van der Waals surface area contributed by atoms with Gasteiger partial charge in [-0.25, -0.2) is 0 Å². The standard InChI is InChI=1S/C14H18F3NO2/c15-14(16,17)10-20-13-5-1-3-11(7-13)8-18-6-2-4-12(18)9-19/h1,3,5,7,12,19H,2,4,6,8-10H2/t12-/m1/s1. The molecule has 1 aliphatic heterocycles. The molecule has 1 saturated heterocycles. The summed E-state index contributed by atoms with van der Waals surface area (Å²) in [5.41, 5.74) is 0.894. The summed E-state index contributed by atoms with van der Waals surface area (Å²) in [7, 11) is 0.